The Balaban J connectivity index is 0.00000200. The average Bonchev–Trinajstić information content (AvgIpc) is 2.45. The van der Waals surface area contributed by atoms with Gasteiger partial charge in [0.25, 0.3) is 0 Å². The molecule has 0 N–H and O–H groups in total. The predicted octanol–water partition coefficient (Wildman–Crippen LogP) is 3.22. The van der Waals surface area contributed by atoms with Crippen molar-refractivity contribution in [2.24, 2.45) is 0 Å². The Morgan fingerprint density at radius 1 is 1.30 bits per heavy atom. The van der Waals surface area contributed by atoms with E-state index in [1.807, 2.05) is 12.1 Å². The maximum Gasteiger partial charge on any atom is 0.216 e. The first-order valence-electron chi connectivity index (χ1n) is 6.83. The van der Waals surface area contributed by atoms with E-state index in [2.05, 4.69) is 17.5 Å². The summed E-state index contributed by atoms with van der Waals surface area (Å²) in [4.78, 5) is 14.0. The fraction of sp³-hybridized carbons (Fsp3) is 0.533. The number of likely N-dealkylation sites (tertiary alicyclic amines) is 1. The quantitative estimate of drug-likeness (QED) is 0.846. The molecule has 1 fully saturated rings. The molecule has 1 heterocycles. The zero-order chi connectivity index (χ0) is 13.7. The molecule has 0 bridgehead atoms. The molecule has 0 unspecified atom stereocenters. The third-order valence-electron chi connectivity index (χ3n) is 3.69. The number of rotatable bonds is 5. The van der Waals surface area contributed by atoms with Crippen LogP contribution in [0.2, 0.25) is 0 Å². The van der Waals surface area contributed by atoms with Gasteiger partial charge in [-0.2, -0.15) is 0 Å². The summed E-state index contributed by atoms with van der Waals surface area (Å²) in [6.45, 7) is 3.35. The number of thiol groups is 1. The first kappa shape index (κ1) is 17.3. The summed E-state index contributed by atoms with van der Waals surface area (Å²) in [7, 11) is 1.64. The van der Waals surface area contributed by atoms with Crippen LogP contribution in [0.15, 0.2) is 18.2 Å². The van der Waals surface area contributed by atoms with E-state index in [0.29, 0.717) is 5.56 Å². The van der Waals surface area contributed by atoms with Crippen molar-refractivity contribution in [1.29, 1.82) is 0 Å². The molecule has 20 heavy (non-hydrogen) atoms. The number of halogens is 1. The van der Waals surface area contributed by atoms with Gasteiger partial charge in [0, 0.05) is 12.1 Å². The Hall–Kier alpha value is -0.710. The molecule has 1 aliphatic heterocycles. The second-order valence-electron chi connectivity index (χ2n) is 4.98. The summed E-state index contributed by atoms with van der Waals surface area (Å²) >= 11 is 3.95. The van der Waals surface area contributed by atoms with Crippen LogP contribution >= 0.6 is 25.0 Å². The monoisotopic (exact) mass is 315 g/mol. The summed E-state index contributed by atoms with van der Waals surface area (Å²) in [5.41, 5.74) is 1.73. The van der Waals surface area contributed by atoms with Crippen molar-refractivity contribution < 1.29 is 9.53 Å². The molecule has 0 atom stereocenters. The molecule has 112 valence electrons. The largest absolute Gasteiger partial charge is 0.497 e. The molecule has 2 rings (SSSR count). The van der Waals surface area contributed by atoms with Crippen molar-refractivity contribution in [2.45, 2.75) is 25.7 Å². The van der Waals surface area contributed by atoms with E-state index in [9.17, 15) is 4.79 Å². The van der Waals surface area contributed by atoms with Gasteiger partial charge in [0.05, 0.1) is 7.11 Å². The third kappa shape index (κ3) is 4.69. The molecule has 1 aromatic carbocycles. The van der Waals surface area contributed by atoms with Crippen molar-refractivity contribution >= 4 is 30.2 Å². The second-order valence-corrected chi connectivity index (χ2v) is 5.39. The number of piperidine rings is 1. The van der Waals surface area contributed by atoms with Crippen LogP contribution in [0.25, 0.3) is 0 Å². The number of hydrogen-bond donors (Lipinski definition) is 1. The zero-order valence-electron chi connectivity index (χ0n) is 11.8. The highest BCUT2D eigenvalue weighted by atomic mass is 35.5. The predicted molar refractivity (Wildman–Crippen MR) is 87.6 cm³/mol. The lowest BCUT2D eigenvalue weighted by atomic mass is 10.0. The highest BCUT2D eigenvalue weighted by molar-refractivity contribution is 7.97. The van der Waals surface area contributed by atoms with Gasteiger partial charge in [-0.15, -0.1) is 25.0 Å². The maximum atomic E-state index is 11.5. The molecule has 1 aromatic rings. The van der Waals surface area contributed by atoms with Crippen molar-refractivity contribution in [3.8, 4) is 5.75 Å². The van der Waals surface area contributed by atoms with Gasteiger partial charge in [-0.05, 0) is 56.1 Å². The summed E-state index contributed by atoms with van der Waals surface area (Å²) < 4.78 is 5.23. The Labute approximate surface area is 132 Å². The van der Waals surface area contributed by atoms with Gasteiger partial charge in [-0.3, -0.25) is 4.79 Å². The highest BCUT2D eigenvalue weighted by Crippen LogP contribution is 2.20. The third-order valence-corrected chi connectivity index (χ3v) is 3.93. The standard InChI is InChI=1S/C15H21NO2S.ClH/c1-18-13-5-6-14(15(17)19)12(11-13)7-10-16-8-3-2-4-9-16;/h5-6,11H,2-4,7-10H2,1H3,(H,17,19);1H. The summed E-state index contributed by atoms with van der Waals surface area (Å²) in [5.74, 6) is 0.798. The summed E-state index contributed by atoms with van der Waals surface area (Å²) in [6, 6.07) is 5.57. The first-order chi connectivity index (χ1) is 9.20. The molecule has 0 spiro atoms. The molecule has 3 nitrogen and oxygen atoms in total. The number of carbonyl (C=O) groups is 1. The Morgan fingerprint density at radius 3 is 2.60 bits per heavy atom. The lowest BCUT2D eigenvalue weighted by Crippen LogP contribution is -2.31. The Bertz CT molecular complexity index is 447. The van der Waals surface area contributed by atoms with E-state index in [1.165, 1.54) is 32.4 Å². The van der Waals surface area contributed by atoms with Crippen LogP contribution in [0.1, 0.15) is 35.2 Å². The van der Waals surface area contributed by atoms with Crippen LogP contribution < -0.4 is 4.74 Å². The molecule has 1 saturated heterocycles. The van der Waals surface area contributed by atoms with Crippen LogP contribution in [-0.2, 0) is 6.42 Å². The lowest BCUT2D eigenvalue weighted by Gasteiger charge is -2.26. The molecule has 0 aromatic heterocycles. The topological polar surface area (TPSA) is 29.5 Å². The van der Waals surface area contributed by atoms with Gasteiger partial charge < -0.3 is 9.64 Å². The molecule has 0 radical (unpaired) electrons. The van der Waals surface area contributed by atoms with Gasteiger partial charge in [0.15, 0.2) is 0 Å². The van der Waals surface area contributed by atoms with E-state index in [0.717, 1.165) is 24.3 Å². The van der Waals surface area contributed by atoms with Crippen LogP contribution in [0.3, 0.4) is 0 Å². The number of ether oxygens (including phenoxy) is 1. The fourth-order valence-corrected chi connectivity index (χ4v) is 2.79. The molecule has 5 heteroatoms. The van der Waals surface area contributed by atoms with Crippen molar-refractivity contribution in [2.75, 3.05) is 26.7 Å². The van der Waals surface area contributed by atoms with Gasteiger partial charge >= 0.3 is 0 Å². The molecule has 0 saturated carbocycles. The smallest absolute Gasteiger partial charge is 0.216 e. The van der Waals surface area contributed by atoms with Gasteiger partial charge in [0.2, 0.25) is 5.12 Å². The Kier molecular flexibility index (Phi) is 7.41. The summed E-state index contributed by atoms with van der Waals surface area (Å²) in [6.07, 6.45) is 4.79. The maximum absolute atomic E-state index is 11.5. The summed E-state index contributed by atoms with van der Waals surface area (Å²) in [5, 5.41) is -0.170. The number of benzene rings is 1. The van der Waals surface area contributed by atoms with Crippen LogP contribution in [0.4, 0.5) is 0 Å². The van der Waals surface area contributed by atoms with E-state index >= 15 is 0 Å². The molecule has 0 amide bonds. The second kappa shape index (κ2) is 8.55. The number of carbonyl (C=O) groups excluding carboxylic acids is 1. The average molecular weight is 316 g/mol. The molecular weight excluding hydrogens is 294 g/mol. The number of hydrogen-bond acceptors (Lipinski definition) is 3. The van der Waals surface area contributed by atoms with Gasteiger partial charge in [-0.1, -0.05) is 6.42 Å². The Morgan fingerprint density at radius 2 is 2.00 bits per heavy atom. The van der Waals surface area contributed by atoms with Gasteiger partial charge in [-0.25, -0.2) is 0 Å². The van der Waals surface area contributed by atoms with E-state index < -0.39 is 0 Å². The fourth-order valence-electron chi connectivity index (χ4n) is 2.57. The van der Waals surface area contributed by atoms with Crippen LogP contribution in [0, 0.1) is 0 Å². The van der Waals surface area contributed by atoms with Crippen LogP contribution in [-0.4, -0.2) is 36.8 Å². The van der Waals surface area contributed by atoms with Crippen molar-refractivity contribution in [3.63, 3.8) is 0 Å². The lowest BCUT2D eigenvalue weighted by molar-refractivity contribution is 0.109. The minimum absolute atomic E-state index is 0. The first-order valence-corrected chi connectivity index (χ1v) is 7.28. The number of nitrogens with zero attached hydrogens (tertiary/aromatic N) is 1. The minimum Gasteiger partial charge on any atom is -0.497 e. The molecule has 1 aliphatic rings. The van der Waals surface area contributed by atoms with E-state index in [-0.39, 0.29) is 17.5 Å². The minimum atomic E-state index is -0.170. The highest BCUT2D eigenvalue weighted by Gasteiger charge is 2.13. The molecule has 0 aliphatic carbocycles. The number of methoxy groups -OCH3 is 1. The normalized spacial score (nSPS) is 15.5. The van der Waals surface area contributed by atoms with E-state index in [1.54, 1.807) is 13.2 Å². The van der Waals surface area contributed by atoms with Crippen molar-refractivity contribution in [1.82, 2.24) is 4.90 Å². The zero-order valence-corrected chi connectivity index (χ0v) is 13.5. The SMILES string of the molecule is COc1ccc(C(=O)S)c(CCN2CCCCC2)c1.Cl. The molecular formula is C15H22ClNO2S. The van der Waals surface area contributed by atoms with E-state index in [4.69, 9.17) is 4.74 Å². The van der Waals surface area contributed by atoms with Crippen LogP contribution in [0.5, 0.6) is 5.75 Å². The van der Waals surface area contributed by atoms with Crippen molar-refractivity contribution in [3.05, 3.63) is 29.3 Å². The van der Waals surface area contributed by atoms with Gasteiger partial charge in [0.1, 0.15) is 5.75 Å².